The number of hydrogen-bond donors (Lipinski definition) is 0. The molecule has 0 aromatic heterocycles. The van der Waals surface area contributed by atoms with Crippen molar-refractivity contribution in [1.29, 1.82) is 0 Å². The summed E-state index contributed by atoms with van der Waals surface area (Å²) in [7, 11) is -2.83. The summed E-state index contributed by atoms with van der Waals surface area (Å²) in [5.74, 6) is 0. The summed E-state index contributed by atoms with van der Waals surface area (Å²) in [5, 5.41) is 0. The van der Waals surface area contributed by atoms with Crippen LogP contribution in [0.4, 0.5) is 0 Å². The minimum Gasteiger partial charge on any atom is -0.416 e. The Morgan fingerprint density at radius 1 is 1.07 bits per heavy atom. The zero-order valence-corrected chi connectivity index (χ0v) is 14.2. The van der Waals surface area contributed by atoms with Crippen molar-refractivity contribution in [3.8, 4) is 0 Å². The van der Waals surface area contributed by atoms with Crippen molar-refractivity contribution < 1.29 is 4.43 Å². The Labute approximate surface area is 95.6 Å². The predicted molar refractivity (Wildman–Crippen MR) is 72.4 cm³/mol. The fourth-order valence-electron chi connectivity index (χ4n) is 2.50. The molecule has 1 atom stereocenters. The standard InChI is InChI=1S/C9H23ClOSi3/c1-9(2)8-14(7,10)13(5,6)12(3,4)11-9/h8H2,1-7H3. The fourth-order valence-corrected chi connectivity index (χ4v) is 35.3. The molecule has 0 N–H and O–H groups in total. The van der Waals surface area contributed by atoms with Gasteiger partial charge in [0, 0.05) is 5.60 Å². The van der Waals surface area contributed by atoms with E-state index in [2.05, 4.69) is 46.6 Å². The lowest BCUT2D eigenvalue weighted by molar-refractivity contribution is 0.123. The van der Waals surface area contributed by atoms with Crippen molar-refractivity contribution in [2.75, 3.05) is 0 Å². The summed E-state index contributed by atoms with van der Waals surface area (Å²) in [6.45, 7) is 14.9. The first-order valence-corrected chi connectivity index (χ1v) is 16.9. The molecule has 0 amide bonds. The van der Waals surface area contributed by atoms with Gasteiger partial charge in [0.25, 0.3) is 0 Å². The Hall–Kier alpha value is 0.901. The van der Waals surface area contributed by atoms with E-state index >= 15 is 0 Å². The van der Waals surface area contributed by atoms with E-state index in [1.807, 2.05) is 0 Å². The van der Waals surface area contributed by atoms with E-state index < -0.39 is 21.8 Å². The molecule has 1 rings (SSSR count). The average Bonchev–Trinajstić information content (AvgIpc) is 1.77. The van der Waals surface area contributed by atoms with Gasteiger partial charge >= 0.3 is 0 Å². The van der Waals surface area contributed by atoms with Gasteiger partial charge in [-0.1, -0.05) is 19.6 Å². The third-order valence-corrected chi connectivity index (χ3v) is 46.4. The summed E-state index contributed by atoms with van der Waals surface area (Å²) in [6.07, 6.45) is 0. The fraction of sp³-hybridized carbons (Fsp3) is 1.00. The summed E-state index contributed by atoms with van der Waals surface area (Å²) in [4.78, 5) is 0. The molecule has 0 aromatic rings. The van der Waals surface area contributed by atoms with Crippen LogP contribution < -0.4 is 0 Å². The second kappa shape index (κ2) is 3.20. The van der Waals surface area contributed by atoms with Crippen LogP contribution in [0.1, 0.15) is 13.8 Å². The quantitative estimate of drug-likeness (QED) is 0.480. The van der Waals surface area contributed by atoms with Gasteiger partial charge in [0.2, 0.25) is 0 Å². The van der Waals surface area contributed by atoms with Crippen molar-refractivity contribution in [1.82, 2.24) is 0 Å². The first kappa shape index (κ1) is 13.0. The summed E-state index contributed by atoms with van der Waals surface area (Å²) in [6, 6.07) is 1.12. The van der Waals surface area contributed by atoms with Crippen molar-refractivity contribution in [3.63, 3.8) is 0 Å². The van der Waals surface area contributed by atoms with Gasteiger partial charge in [0.15, 0.2) is 7.83 Å². The maximum atomic E-state index is 6.89. The van der Waals surface area contributed by atoms with Gasteiger partial charge < -0.3 is 4.43 Å². The van der Waals surface area contributed by atoms with Crippen LogP contribution >= 0.6 is 11.1 Å². The highest BCUT2D eigenvalue weighted by Gasteiger charge is 2.62. The van der Waals surface area contributed by atoms with E-state index in [1.165, 1.54) is 0 Å². The zero-order valence-electron chi connectivity index (χ0n) is 10.5. The Kier molecular flexibility index (Phi) is 2.96. The normalized spacial score (nSPS) is 39.4. The van der Waals surface area contributed by atoms with Crippen LogP contribution in [0, 0.1) is 0 Å². The Bertz CT molecular complexity index is 226. The Morgan fingerprint density at radius 3 is 1.86 bits per heavy atom. The third kappa shape index (κ3) is 1.91. The lowest BCUT2D eigenvalue weighted by Crippen LogP contribution is -2.76. The van der Waals surface area contributed by atoms with Crippen LogP contribution in [0.25, 0.3) is 0 Å². The summed E-state index contributed by atoms with van der Waals surface area (Å²) < 4.78 is 6.36. The van der Waals surface area contributed by atoms with Crippen LogP contribution in [0.2, 0.25) is 38.8 Å². The number of rotatable bonds is 0. The molecule has 84 valence electrons. The van der Waals surface area contributed by atoms with E-state index in [9.17, 15) is 0 Å². The highest BCUT2D eigenvalue weighted by atomic mass is 35.6. The van der Waals surface area contributed by atoms with Gasteiger partial charge in [0.1, 0.15) is 6.90 Å². The Balaban J connectivity index is 3.13. The van der Waals surface area contributed by atoms with E-state index in [-0.39, 0.29) is 5.60 Å². The van der Waals surface area contributed by atoms with Crippen LogP contribution in [0.3, 0.4) is 0 Å². The molecule has 1 aliphatic rings. The molecule has 0 bridgehead atoms. The number of hydrogen-bond acceptors (Lipinski definition) is 1. The molecule has 5 heteroatoms. The topological polar surface area (TPSA) is 9.23 Å². The molecule has 0 saturated carbocycles. The van der Waals surface area contributed by atoms with Gasteiger partial charge in [-0.05, 0) is 33.0 Å². The van der Waals surface area contributed by atoms with E-state index in [0.29, 0.717) is 0 Å². The third-order valence-electron chi connectivity index (χ3n) is 4.10. The first-order valence-electron chi connectivity index (χ1n) is 5.30. The second-order valence-corrected chi connectivity index (χ2v) is 35.0. The first-order chi connectivity index (χ1) is 5.91. The van der Waals surface area contributed by atoms with Crippen LogP contribution in [0.15, 0.2) is 0 Å². The molecule has 1 saturated heterocycles. The summed E-state index contributed by atoms with van der Waals surface area (Å²) in [5.41, 5.74) is 0.0287. The van der Waals surface area contributed by atoms with Gasteiger partial charge in [-0.25, -0.2) is 0 Å². The minimum atomic E-state index is -1.54. The second-order valence-electron chi connectivity index (χ2n) is 6.37. The van der Waals surface area contributed by atoms with Crippen molar-refractivity contribution in [3.05, 3.63) is 0 Å². The van der Waals surface area contributed by atoms with Crippen molar-refractivity contribution in [2.24, 2.45) is 0 Å². The van der Waals surface area contributed by atoms with Crippen LogP contribution in [-0.4, -0.2) is 27.4 Å². The molecule has 0 aromatic carbocycles. The van der Waals surface area contributed by atoms with Crippen molar-refractivity contribution in [2.45, 2.75) is 58.2 Å². The zero-order chi connectivity index (χ0) is 11.4. The number of halogens is 1. The predicted octanol–water partition coefficient (Wildman–Crippen LogP) is 3.68. The minimum absolute atomic E-state index is 0.0287. The van der Waals surface area contributed by atoms with Crippen LogP contribution in [-0.2, 0) is 4.43 Å². The van der Waals surface area contributed by atoms with Gasteiger partial charge in [-0.3, -0.25) is 0 Å². The molecule has 0 spiro atoms. The molecule has 0 radical (unpaired) electrons. The van der Waals surface area contributed by atoms with E-state index in [1.54, 1.807) is 0 Å². The van der Waals surface area contributed by atoms with E-state index in [4.69, 9.17) is 15.5 Å². The molecular weight excluding hydrogens is 244 g/mol. The molecule has 1 aliphatic heterocycles. The summed E-state index contributed by atoms with van der Waals surface area (Å²) >= 11 is 6.89. The largest absolute Gasteiger partial charge is 0.416 e. The smallest absolute Gasteiger partial charge is 0.173 e. The van der Waals surface area contributed by atoms with Gasteiger partial charge in [0.05, 0.1) is 7.11 Å². The molecule has 1 heterocycles. The van der Waals surface area contributed by atoms with Gasteiger partial charge in [-0.2, -0.15) is 11.1 Å². The molecule has 14 heavy (non-hydrogen) atoms. The maximum Gasteiger partial charge on any atom is 0.173 e. The molecule has 0 aliphatic carbocycles. The maximum absolute atomic E-state index is 6.89. The molecular formula is C9H23ClOSi3. The molecule has 1 unspecified atom stereocenters. The lowest BCUT2D eigenvalue weighted by Gasteiger charge is -2.56. The monoisotopic (exact) mass is 266 g/mol. The van der Waals surface area contributed by atoms with Crippen molar-refractivity contribution >= 4 is 32.9 Å². The van der Waals surface area contributed by atoms with E-state index in [0.717, 1.165) is 6.04 Å². The molecule has 1 fully saturated rings. The Morgan fingerprint density at radius 2 is 1.50 bits per heavy atom. The SMILES string of the molecule is CC1(C)C[Si](C)(Cl)[Si](C)(C)[Si](C)(C)O1. The average molecular weight is 267 g/mol. The van der Waals surface area contributed by atoms with Gasteiger partial charge in [-0.15, -0.1) is 0 Å². The van der Waals surface area contributed by atoms with Crippen LogP contribution in [0.5, 0.6) is 0 Å². The lowest BCUT2D eigenvalue weighted by atomic mass is 10.2. The molecule has 1 nitrogen and oxygen atoms in total. The highest BCUT2D eigenvalue weighted by molar-refractivity contribution is 7.77. The highest BCUT2D eigenvalue weighted by Crippen LogP contribution is 2.45.